The molecule has 0 spiro atoms. The number of ether oxygens (including phenoxy) is 1. The van der Waals surface area contributed by atoms with Gasteiger partial charge in [0.05, 0.1) is 4.91 Å². The van der Waals surface area contributed by atoms with E-state index in [1.54, 1.807) is 30.3 Å². The lowest BCUT2D eigenvalue weighted by molar-refractivity contribution is -0.127. The number of carbonyl (C=O) groups is 3. The second-order valence-corrected chi connectivity index (χ2v) is 10.2. The molecule has 0 aromatic heterocycles. The van der Waals surface area contributed by atoms with Crippen LogP contribution in [0, 0.1) is 0 Å². The maximum atomic E-state index is 13.0. The van der Waals surface area contributed by atoms with Crippen molar-refractivity contribution < 1.29 is 19.1 Å². The van der Waals surface area contributed by atoms with Crippen LogP contribution in [0.3, 0.4) is 0 Å². The first-order valence-corrected chi connectivity index (χ1v) is 13.1. The molecule has 0 bridgehead atoms. The lowest BCUT2D eigenvalue weighted by Gasteiger charge is -2.12. The summed E-state index contributed by atoms with van der Waals surface area (Å²) >= 11 is 4.15. The van der Waals surface area contributed by atoms with Crippen molar-refractivity contribution in [3.05, 3.63) is 112 Å². The van der Waals surface area contributed by atoms with Gasteiger partial charge in [0.1, 0.15) is 18.9 Å². The molecule has 1 fully saturated rings. The zero-order valence-electron chi connectivity index (χ0n) is 19.5. The molecule has 4 aromatic rings. The highest BCUT2D eigenvalue weighted by atomic mass is 79.9. The van der Waals surface area contributed by atoms with Gasteiger partial charge in [-0.05, 0) is 70.6 Å². The van der Waals surface area contributed by atoms with E-state index in [1.807, 2.05) is 42.5 Å². The highest BCUT2D eigenvalue weighted by Gasteiger charge is 2.36. The number of nitrogens with one attached hydrogen (secondary N) is 1. The average molecular weight is 573 g/mol. The van der Waals surface area contributed by atoms with Crippen LogP contribution in [0.5, 0.6) is 5.75 Å². The van der Waals surface area contributed by atoms with E-state index in [4.69, 9.17) is 4.74 Å². The van der Waals surface area contributed by atoms with Crippen LogP contribution in [0.15, 0.2) is 100 Å². The van der Waals surface area contributed by atoms with Crippen LogP contribution in [0.25, 0.3) is 16.8 Å². The fraction of sp³-hybridized carbons (Fsp3) is 0.0690. The van der Waals surface area contributed by atoms with Crippen LogP contribution in [0.2, 0.25) is 0 Å². The van der Waals surface area contributed by atoms with E-state index in [0.29, 0.717) is 23.6 Å². The number of para-hydroxylation sites is 1. The summed E-state index contributed by atoms with van der Waals surface area (Å²) in [5, 5.41) is 4.50. The molecular formula is C29H21BrN2O4S. The van der Waals surface area contributed by atoms with Crippen LogP contribution in [-0.2, 0) is 16.2 Å². The third-order valence-corrected chi connectivity index (χ3v) is 7.15. The van der Waals surface area contributed by atoms with E-state index in [2.05, 4.69) is 45.5 Å². The van der Waals surface area contributed by atoms with Gasteiger partial charge in [-0.15, -0.1) is 0 Å². The number of hydrogen-bond donors (Lipinski definition) is 1. The molecule has 3 amide bonds. The number of nitrogens with zero attached hydrogens (tertiary/aromatic N) is 1. The van der Waals surface area contributed by atoms with Crippen molar-refractivity contribution in [3.63, 3.8) is 0 Å². The number of thioether (sulfide) groups is 1. The minimum absolute atomic E-state index is 0.239. The van der Waals surface area contributed by atoms with E-state index in [9.17, 15) is 14.4 Å². The SMILES string of the molecule is O=C(CN1C(=O)S/C(=C\c2ccccc2OCc2ccc3ccccc3c2)C1=O)Nc1ccc(Br)cc1. The number of benzene rings is 4. The van der Waals surface area contributed by atoms with Crippen molar-refractivity contribution in [2.75, 3.05) is 11.9 Å². The van der Waals surface area contributed by atoms with Crippen molar-refractivity contribution in [1.82, 2.24) is 4.90 Å². The summed E-state index contributed by atoms with van der Waals surface area (Å²) < 4.78 is 6.96. The van der Waals surface area contributed by atoms with Crippen molar-refractivity contribution in [2.45, 2.75) is 6.61 Å². The molecule has 0 atom stereocenters. The van der Waals surface area contributed by atoms with Crippen LogP contribution in [-0.4, -0.2) is 28.5 Å². The Balaban J connectivity index is 1.27. The number of carbonyl (C=O) groups excluding carboxylic acids is 3. The van der Waals surface area contributed by atoms with E-state index < -0.39 is 17.1 Å². The number of halogens is 1. The molecule has 1 aliphatic rings. The van der Waals surface area contributed by atoms with Gasteiger partial charge in [0.2, 0.25) is 5.91 Å². The van der Waals surface area contributed by atoms with Gasteiger partial charge >= 0.3 is 0 Å². The summed E-state index contributed by atoms with van der Waals surface area (Å²) in [5.74, 6) is -0.370. The Morgan fingerprint density at radius 1 is 0.919 bits per heavy atom. The maximum Gasteiger partial charge on any atom is 0.294 e. The van der Waals surface area contributed by atoms with E-state index in [1.165, 1.54) is 0 Å². The molecule has 6 nitrogen and oxygen atoms in total. The first-order chi connectivity index (χ1) is 18.0. The fourth-order valence-electron chi connectivity index (χ4n) is 3.88. The van der Waals surface area contributed by atoms with E-state index >= 15 is 0 Å². The van der Waals surface area contributed by atoms with E-state index in [-0.39, 0.29) is 11.4 Å². The number of rotatable bonds is 7. The average Bonchev–Trinajstić information content (AvgIpc) is 3.16. The molecule has 0 aliphatic carbocycles. The molecule has 0 radical (unpaired) electrons. The minimum Gasteiger partial charge on any atom is -0.488 e. The first-order valence-electron chi connectivity index (χ1n) is 11.5. The molecule has 184 valence electrons. The molecule has 8 heteroatoms. The second-order valence-electron chi connectivity index (χ2n) is 8.33. The Morgan fingerprint density at radius 2 is 1.65 bits per heavy atom. The summed E-state index contributed by atoms with van der Waals surface area (Å²) in [6.45, 7) is -0.00836. The molecule has 37 heavy (non-hydrogen) atoms. The Morgan fingerprint density at radius 3 is 2.46 bits per heavy atom. The van der Waals surface area contributed by atoms with Gasteiger partial charge < -0.3 is 10.1 Å². The maximum absolute atomic E-state index is 13.0. The number of hydrogen-bond acceptors (Lipinski definition) is 5. The predicted molar refractivity (Wildman–Crippen MR) is 150 cm³/mol. The molecule has 1 heterocycles. The molecule has 4 aromatic carbocycles. The molecule has 1 aliphatic heterocycles. The highest BCUT2D eigenvalue weighted by Crippen LogP contribution is 2.34. The summed E-state index contributed by atoms with van der Waals surface area (Å²) in [6, 6.07) is 28.7. The molecule has 0 saturated carbocycles. The van der Waals surface area contributed by atoms with Crippen molar-refractivity contribution >= 4 is 67.3 Å². The summed E-state index contributed by atoms with van der Waals surface area (Å²) in [4.78, 5) is 39.1. The normalized spacial score (nSPS) is 14.4. The Kier molecular flexibility index (Phi) is 7.39. The quantitative estimate of drug-likeness (QED) is 0.245. The minimum atomic E-state index is -0.509. The van der Waals surface area contributed by atoms with E-state index in [0.717, 1.165) is 37.5 Å². The lowest BCUT2D eigenvalue weighted by atomic mass is 10.1. The zero-order valence-corrected chi connectivity index (χ0v) is 21.9. The van der Waals surface area contributed by atoms with Gasteiger partial charge in [-0.3, -0.25) is 19.3 Å². The number of amides is 3. The molecule has 1 N–H and O–H groups in total. The van der Waals surface area contributed by atoms with Crippen LogP contribution < -0.4 is 10.1 Å². The topological polar surface area (TPSA) is 75.7 Å². The number of anilines is 1. The summed E-state index contributed by atoms with van der Waals surface area (Å²) in [7, 11) is 0. The molecular weight excluding hydrogens is 552 g/mol. The van der Waals surface area contributed by atoms with Gasteiger partial charge in [0, 0.05) is 15.7 Å². The summed E-state index contributed by atoms with van der Waals surface area (Å²) in [5.41, 5.74) is 2.27. The van der Waals surface area contributed by atoms with Gasteiger partial charge in [-0.1, -0.05) is 70.5 Å². The second kappa shape index (κ2) is 11.0. The van der Waals surface area contributed by atoms with Gasteiger partial charge in [-0.2, -0.15) is 0 Å². The zero-order chi connectivity index (χ0) is 25.8. The first kappa shape index (κ1) is 24.8. The highest BCUT2D eigenvalue weighted by molar-refractivity contribution is 9.10. The van der Waals surface area contributed by atoms with Crippen molar-refractivity contribution in [2.24, 2.45) is 0 Å². The van der Waals surface area contributed by atoms with Crippen LogP contribution in [0.4, 0.5) is 10.5 Å². The van der Waals surface area contributed by atoms with Crippen molar-refractivity contribution in [3.8, 4) is 5.75 Å². The third-order valence-electron chi connectivity index (χ3n) is 5.72. The van der Waals surface area contributed by atoms with Crippen LogP contribution in [0.1, 0.15) is 11.1 Å². The fourth-order valence-corrected chi connectivity index (χ4v) is 4.97. The van der Waals surface area contributed by atoms with Crippen molar-refractivity contribution in [1.29, 1.82) is 0 Å². The van der Waals surface area contributed by atoms with Gasteiger partial charge in [0.25, 0.3) is 11.1 Å². The number of fused-ring (bicyclic) bond motifs is 1. The van der Waals surface area contributed by atoms with Crippen LogP contribution >= 0.6 is 27.7 Å². The predicted octanol–water partition coefficient (Wildman–Crippen LogP) is 6.86. The summed E-state index contributed by atoms with van der Waals surface area (Å²) in [6.07, 6.45) is 1.63. The lowest BCUT2D eigenvalue weighted by Crippen LogP contribution is -2.36. The molecule has 0 unspecified atom stereocenters. The Bertz CT molecular complexity index is 1530. The van der Waals surface area contributed by atoms with Gasteiger partial charge in [-0.25, -0.2) is 0 Å². The third kappa shape index (κ3) is 5.93. The smallest absolute Gasteiger partial charge is 0.294 e. The monoisotopic (exact) mass is 572 g/mol. The molecule has 1 saturated heterocycles. The van der Waals surface area contributed by atoms with Gasteiger partial charge in [0.15, 0.2) is 0 Å². The number of imide groups is 1. The largest absolute Gasteiger partial charge is 0.488 e. The molecule has 5 rings (SSSR count). The Labute approximate surface area is 226 Å². The standard InChI is InChI=1S/C29H21BrN2O4S/c30-23-11-13-24(14-12-23)31-27(33)17-32-28(34)26(37-29(32)35)16-22-7-3-4-8-25(22)36-18-19-9-10-20-5-1-2-6-21(20)15-19/h1-16H,17-18H2,(H,31,33)/b26-16-. The Hall–Kier alpha value is -3.88.